The number of hydrogen-bond donors (Lipinski definition) is 1. The van der Waals surface area contributed by atoms with Crippen LogP contribution in [0.25, 0.3) is 0 Å². The molecule has 1 aliphatic heterocycles. The van der Waals surface area contributed by atoms with Crippen LogP contribution in [0.3, 0.4) is 0 Å². The van der Waals surface area contributed by atoms with Crippen LogP contribution in [0.5, 0.6) is 0 Å². The zero-order chi connectivity index (χ0) is 13.7. The van der Waals surface area contributed by atoms with Crippen molar-refractivity contribution in [3.63, 3.8) is 0 Å². The Morgan fingerprint density at radius 1 is 1.47 bits per heavy atom. The van der Waals surface area contributed by atoms with E-state index < -0.39 is 0 Å². The van der Waals surface area contributed by atoms with Crippen molar-refractivity contribution in [3.8, 4) is 0 Å². The van der Waals surface area contributed by atoms with Crippen molar-refractivity contribution in [1.82, 2.24) is 9.97 Å². The highest BCUT2D eigenvalue weighted by Gasteiger charge is 2.16. The third-order valence-electron chi connectivity index (χ3n) is 3.66. The molecule has 2 rings (SSSR count). The van der Waals surface area contributed by atoms with Crippen molar-refractivity contribution in [2.24, 2.45) is 0 Å². The van der Waals surface area contributed by atoms with Crippen LogP contribution in [0, 0.1) is 0 Å². The molecule has 0 saturated carbocycles. The zero-order valence-corrected chi connectivity index (χ0v) is 11.9. The lowest BCUT2D eigenvalue weighted by Crippen LogP contribution is -2.28. The van der Waals surface area contributed by atoms with E-state index in [0.717, 1.165) is 37.4 Å². The van der Waals surface area contributed by atoms with Crippen LogP contribution in [0.4, 0.5) is 11.8 Å². The van der Waals surface area contributed by atoms with Gasteiger partial charge in [0.25, 0.3) is 0 Å². The lowest BCUT2D eigenvalue weighted by molar-refractivity contribution is 0.0126. The molecule has 1 fully saturated rings. The number of anilines is 2. The largest absolute Gasteiger partial charge is 0.378 e. The number of ether oxygens (including phenoxy) is 1. The molecule has 0 unspecified atom stereocenters. The maximum atomic E-state index is 5.76. The number of aromatic nitrogens is 2. The van der Waals surface area contributed by atoms with Gasteiger partial charge in [0.05, 0.1) is 6.10 Å². The minimum absolute atomic E-state index is 0.341. The quantitative estimate of drug-likeness (QED) is 0.881. The predicted molar refractivity (Wildman–Crippen MR) is 77.3 cm³/mol. The zero-order valence-electron chi connectivity index (χ0n) is 11.9. The fourth-order valence-corrected chi connectivity index (χ4v) is 2.47. The summed E-state index contributed by atoms with van der Waals surface area (Å²) in [5.74, 6) is 1.29. The van der Waals surface area contributed by atoms with Crippen molar-refractivity contribution >= 4 is 11.8 Å². The average molecular weight is 264 g/mol. The second-order valence-electron chi connectivity index (χ2n) is 5.13. The average Bonchev–Trinajstić information content (AvgIpc) is 2.46. The Balaban J connectivity index is 1.94. The Hall–Kier alpha value is -1.36. The molecule has 0 amide bonds. The van der Waals surface area contributed by atoms with Crippen molar-refractivity contribution in [2.75, 3.05) is 30.8 Å². The van der Waals surface area contributed by atoms with Gasteiger partial charge in [0.1, 0.15) is 5.82 Å². The highest BCUT2D eigenvalue weighted by atomic mass is 16.5. The van der Waals surface area contributed by atoms with Crippen molar-refractivity contribution in [2.45, 2.75) is 45.1 Å². The van der Waals surface area contributed by atoms with Crippen LogP contribution >= 0.6 is 0 Å². The highest BCUT2D eigenvalue weighted by Crippen LogP contribution is 2.20. The molecule has 1 atom stereocenters. The number of nitrogen functional groups attached to an aromatic ring is 1. The third-order valence-corrected chi connectivity index (χ3v) is 3.66. The summed E-state index contributed by atoms with van der Waals surface area (Å²) in [6.07, 6.45) is 7.86. The molecule has 2 heterocycles. The lowest BCUT2D eigenvalue weighted by Gasteiger charge is -2.26. The van der Waals surface area contributed by atoms with Crippen LogP contribution in [-0.4, -0.2) is 36.3 Å². The minimum Gasteiger partial charge on any atom is -0.378 e. The Bertz CT molecular complexity index is 404. The smallest absolute Gasteiger partial charge is 0.221 e. The SMILES string of the molecule is CCc1cnc(N)nc1N(C)CC[C@H]1CCCCO1. The summed E-state index contributed by atoms with van der Waals surface area (Å²) in [7, 11) is 2.06. The van der Waals surface area contributed by atoms with Gasteiger partial charge in [-0.25, -0.2) is 4.98 Å². The molecule has 2 N–H and O–H groups in total. The molecule has 0 aromatic carbocycles. The second-order valence-corrected chi connectivity index (χ2v) is 5.13. The standard InChI is InChI=1S/C14H24N4O/c1-3-11-10-16-14(15)17-13(11)18(2)8-7-12-6-4-5-9-19-12/h10,12H,3-9H2,1-2H3,(H2,15,16,17)/t12-/m1/s1. The molecular formula is C14H24N4O. The van der Waals surface area contributed by atoms with Gasteiger partial charge in [-0.1, -0.05) is 6.92 Å². The molecule has 1 aromatic heterocycles. The van der Waals surface area contributed by atoms with E-state index in [1.807, 2.05) is 6.20 Å². The van der Waals surface area contributed by atoms with Crippen LogP contribution in [-0.2, 0) is 11.2 Å². The van der Waals surface area contributed by atoms with Crippen LogP contribution in [0.2, 0.25) is 0 Å². The fourth-order valence-electron chi connectivity index (χ4n) is 2.47. The molecular weight excluding hydrogens is 240 g/mol. The number of nitrogens with zero attached hydrogens (tertiary/aromatic N) is 3. The maximum absolute atomic E-state index is 5.76. The van der Waals surface area contributed by atoms with Crippen molar-refractivity contribution < 1.29 is 4.74 Å². The van der Waals surface area contributed by atoms with E-state index in [4.69, 9.17) is 10.5 Å². The van der Waals surface area contributed by atoms with Gasteiger partial charge in [-0.2, -0.15) is 4.98 Å². The first-order chi connectivity index (χ1) is 9.20. The number of nitrogens with two attached hydrogens (primary N) is 1. The molecule has 19 heavy (non-hydrogen) atoms. The van der Waals surface area contributed by atoms with Gasteiger partial charge in [-0.05, 0) is 32.1 Å². The summed E-state index contributed by atoms with van der Waals surface area (Å²) in [4.78, 5) is 10.6. The molecule has 0 radical (unpaired) electrons. The summed E-state index contributed by atoms with van der Waals surface area (Å²) < 4.78 is 5.76. The van der Waals surface area contributed by atoms with E-state index in [2.05, 4.69) is 28.8 Å². The molecule has 0 bridgehead atoms. The van der Waals surface area contributed by atoms with E-state index in [0.29, 0.717) is 12.1 Å². The van der Waals surface area contributed by atoms with E-state index in [9.17, 15) is 0 Å². The fraction of sp³-hybridized carbons (Fsp3) is 0.714. The summed E-state index contributed by atoms with van der Waals surface area (Å²) in [5, 5.41) is 0. The third kappa shape index (κ3) is 3.80. The van der Waals surface area contributed by atoms with Crippen LogP contribution < -0.4 is 10.6 Å². The van der Waals surface area contributed by atoms with Gasteiger partial charge in [0, 0.05) is 32.0 Å². The lowest BCUT2D eigenvalue weighted by atomic mass is 10.1. The Kier molecular flexibility index (Phi) is 4.96. The predicted octanol–water partition coefficient (Wildman–Crippen LogP) is 2.02. The molecule has 5 heteroatoms. The van der Waals surface area contributed by atoms with Gasteiger partial charge < -0.3 is 15.4 Å². The number of rotatable bonds is 5. The van der Waals surface area contributed by atoms with E-state index >= 15 is 0 Å². The van der Waals surface area contributed by atoms with Crippen LogP contribution in [0.15, 0.2) is 6.20 Å². The van der Waals surface area contributed by atoms with Gasteiger partial charge in [-0.3, -0.25) is 0 Å². The first kappa shape index (κ1) is 14.1. The van der Waals surface area contributed by atoms with E-state index in [-0.39, 0.29) is 0 Å². The maximum Gasteiger partial charge on any atom is 0.221 e. The van der Waals surface area contributed by atoms with E-state index in [1.54, 1.807) is 0 Å². The van der Waals surface area contributed by atoms with Gasteiger partial charge in [0.2, 0.25) is 5.95 Å². The second kappa shape index (κ2) is 6.70. The van der Waals surface area contributed by atoms with Gasteiger partial charge in [0.15, 0.2) is 0 Å². The first-order valence-electron chi connectivity index (χ1n) is 7.14. The monoisotopic (exact) mass is 264 g/mol. The molecule has 1 aromatic rings. The Morgan fingerprint density at radius 2 is 2.32 bits per heavy atom. The normalized spacial score (nSPS) is 19.4. The van der Waals surface area contributed by atoms with Gasteiger partial charge >= 0.3 is 0 Å². The van der Waals surface area contributed by atoms with Crippen LogP contribution in [0.1, 0.15) is 38.2 Å². The first-order valence-corrected chi connectivity index (χ1v) is 7.14. The van der Waals surface area contributed by atoms with Crippen molar-refractivity contribution in [1.29, 1.82) is 0 Å². The molecule has 106 valence electrons. The summed E-state index contributed by atoms with van der Waals surface area (Å²) in [6, 6.07) is 0. The summed E-state index contributed by atoms with van der Waals surface area (Å²) in [5.41, 5.74) is 6.83. The summed E-state index contributed by atoms with van der Waals surface area (Å²) in [6.45, 7) is 3.96. The van der Waals surface area contributed by atoms with Crippen molar-refractivity contribution in [3.05, 3.63) is 11.8 Å². The van der Waals surface area contributed by atoms with E-state index in [1.165, 1.54) is 19.3 Å². The molecule has 0 spiro atoms. The number of hydrogen-bond acceptors (Lipinski definition) is 5. The molecule has 1 saturated heterocycles. The molecule has 5 nitrogen and oxygen atoms in total. The molecule has 0 aliphatic carbocycles. The topological polar surface area (TPSA) is 64.3 Å². The molecule has 1 aliphatic rings. The highest BCUT2D eigenvalue weighted by molar-refractivity contribution is 5.47. The number of aryl methyl sites for hydroxylation is 1. The minimum atomic E-state index is 0.341. The Labute approximate surface area is 115 Å². The summed E-state index contributed by atoms with van der Waals surface area (Å²) >= 11 is 0. The van der Waals surface area contributed by atoms with Gasteiger partial charge in [-0.15, -0.1) is 0 Å². The Morgan fingerprint density at radius 3 is 3.00 bits per heavy atom.